The van der Waals surface area contributed by atoms with Crippen molar-refractivity contribution in [1.82, 2.24) is 0 Å². The third-order valence-corrected chi connectivity index (χ3v) is 9.77. The van der Waals surface area contributed by atoms with Crippen LogP contribution in [-0.4, -0.2) is 24.1 Å². The molecule has 3 fully saturated rings. The van der Waals surface area contributed by atoms with E-state index in [-0.39, 0.29) is 41.0 Å². The summed E-state index contributed by atoms with van der Waals surface area (Å²) in [5.41, 5.74) is 1.57. The van der Waals surface area contributed by atoms with Gasteiger partial charge < -0.3 is 4.74 Å². The lowest BCUT2D eigenvalue weighted by Crippen LogP contribution is -2.52. The summed E-state index contributed by atoms with van der Waals surface area (Å²) < 4.78 is 5.33. The summed E-state index contributed by atoms with van der Waals surface area (Å²) in [6.45, 7) is 8.83. The number of carbonyl (C=O) groups is 3. The third-order valence-electron chi connectivity index (χ3n) is 9.77. The number of hydrogen-bond acceptors (Lipinski definition) is 4. The highest BCUT2D eigenvalue weighted by Crippen LogP contribution is 2.66. The van der Waals surface area contributed by atoms with Gasteiger partial charge in [0.25, 0.3) is 0 Å². The van der Waals surface area contributed by atoms with Crippen LogP contribution >= 0.6 is 0 Å². The van der Waals surface area contributed by atoms with Crippen molar-refractivity contribution in [2.24, 2.45) is 40.4 Å². The molecule has 4 rings (SSSR count). The number of ketones is 2. The summed E-state index contributed by atoms with van der Waals surface area (Å²) in [6.07, 6.45) is 11.6. The number of unbranched alkanes of at least 4 members (excludes halogenated alkanes) is 1. The van der Waals surface area contributed by atoms with E-state index in [1.807, 2.05) is 13.0 Å². The zero-order valence-electron chi connectivity index (χ0n) is 19.9. The van der Waals surface area contributed by atoms with E-state index in [0.717, 1.165) is 57.8 Å². The van der Waals surface area contributed by atoms with E-state index in [4.69, 9.17) is 4.74 Å². The Morgan fingerprint density at radius 1 is 1.13 bits per heavy atom. The van der Waals surface area contributed by atoms with Gasteiger partial charge in [-0.25, -0.2) is 0 Å². The lowest BCUT2D eigenvalue weighted by atomic mass is 9.46. The second-order valence-electron chi connectivity index (χ2n) is 11.4. The van der Waals surface area contributed by atoms with E-state index in [1.165, 1.54) is 5.57 Å². The van der Waals surface area contributed by atoms with Gasteiger partial charge in [-0.1, -0.05) is 39.7 Å². The molecule has 0 heterocycles. The summed E-state index contributed by atoms with van der Waals surface area (Å²) >= 11 is 0. The van der Waals surface area contributed by atoms with Gasteiger partial charge in [-0.2, -0.15) is 0 Å². The first-order chi connectivity index (χ1) is 14.7. The minimum atomic E-state index is -0.237. The molecular weight excluding hydrogens is 388 g/mol. The van der Waals surface area contributed by atoms with Crippen LogP contribution in [0.2, 0.25) is 0 Å². The number of esters is 1. The molecule has 7 atom stereocenters. The van der Waals surface area contributed by atoms with Crippen molar-refractivity contribution in [1.29, 1.82) is 0 Å². The molecule has 4 aliphatic carbocycles. The van der Waals surface area contributed by atoms with E-state index < -0.39 is 0 Å². The summed E-state index contributed by atoms with van der Waals surface area (Å²) in [5.74, 6) is 2.20. The number of carbonyl (C=O) groups excluding carboxylic acids is 3. The van der Waals surface area contributed by atoms with Gasteiger partial charge in [0.2, 0.25) is 0 Å². The molecule has 31 heavy (non-hydrogen) atoms. The van der Waals surface area contributed by atoms with Crippen molar-refractivity contribution in [3.63, 3.8) is 0 Å². The van der Waals surface area contributed by atoms with Crippen molar-refractivity contribution in [2.45, 2.75) is 91.9 Å². The molecule has 0 saturated heterocycles. The molecule has 0 amide bonds. The van der Waals surface area contributed by atoms with Crippen LogP contribution in [0.3, 0.4) is 0 Å². The standard InChI is InChI=1S/C27H40O4/c1-5-6-7-25(30)31-16-24(29)22-11-10-20-19-9-8-18-14-23(28)17(2)15-27(18,4)21(19)12-13-26(20,22)3/h14,17,19-22H,5-13,15-16H2,1-4H3/t17?,19-,20-,21-,22+,26-,27-/m0/s1. The normalized spacial score (nSPS) is 41.6. The van der Waals surface area contributed by atoms with E-state index in [0.29, 0.717) is 30.0 Å². The molecular formula is C27H40O4. The summed E-state index contributed by atoms with van der Waals surface area (Å²) in [5, 5.41) is 0. The van der Waals surface area contributed by atoms with E-state index in [1.54, 1.807) is 0 Å². The van der Waals surface area contributed by atoms with Crippen LogP contribution in [0.25, 0.3) is 0 Å². The van der Waals surface area contributed by atoms with E-state index >= 15 is 0 Å². The molecule has 3 saturated carbocycles. The molecule has 0 spiro atoms. The molecule has 4 nitrogen and oxygen atoms in total. The number of rotatable bonds is 6. The highest BCUT2D eigenvalue weighted by molar-refractivity contribution is 5.93. The van der Waals surface area contributed by atoms with Crippen LogP contribution < -0.4 is 0 Å². The van der Waals surface area contributed by atoms with Gasteiger partial charge in [0.15, 0.2) is 11.6 Å². The Morgan fingerprint density at radius 2 is 1.90 bits per heavy atom. The Morgan fingerprint density at radius 3 is 2.65 bits per heavy atom. The van der Waals surface area contributed by atoms with Crippen LogP contribution in [0.5, 0.6) is 0 Å². The predicted octanol–water partition coefficient (Wildman–Crippen LogP) is 5.68. The highest BCUT2D eigenvalue weighted by atomic mass is 16.5. The lowest BCUT2D eigenvalue weighted by molar-refractivity contribution is -0.151. The Labute approximate surface area is 187 Å². The smallest absolute Gasteiger partial charge is 0.306 e. The molecule has 0 aliphatic heterocycles. The number of ether oxygens (including phenoxy) is 1. The van der Waals surface area contributed by atoms with Crippen LogP contribution in [0, 0.1) is 40.4 Å². The van der Waals surface area contributed by atoms with Crippen LogP contribution in [0.15, 0.2) is 11.6 Å². The Bertz CT molecular complexity index is 782. The van der Waals surface area contributed by atoms with Gasteiger partial charge in [0.1, 0.15) is 6.61 Å². The average molecular weight is 429 g/mol. The lowest BCUT2D eigenvalue weighted by Gasteiger charge is -2.58. The average Bonchev–Trinajstić information content (AvgIpc) is 3.09. The molecule has 0 aromatic heterocycles. The molecule has 0 bridgehead atoms. The maximum absolute atomic E-state index is 13.1. The Hall–Kier alpha value is -1.45. The van der Waals surface area contributed by atoms with Crippen LogP contribution in [-0.2, 0) is 19.1 Å². The van der Waals surface area contributed by atoms with Gasteiger partial charge in [-0.05, 0) is 86.0 Å². The molecule has 4 aliphatic rings. The predicted molar refractivity (Wildman–Crippen MR) is 120 cm³/mol. The molecule has 4 heteroatoms. The first-order valence-electron chi connectivity index (χ1n) is 12.6. The van der Waals surface area contributed by atoms with Crippen molar-refractivity contribution in [2.75, 3.05) is 6.61 Å². The maximum Gasteiger partial charge on any atom is 0.306 e. The number of fused-ring (bicyclic) bond motifs is 5. The van der Waals surface area contributed by atoms with Gasteiger partial charge in [-0.15, -0.1) is 0 Å². The zero-order chi connectivity index (χ0) is 22.4. The Kier molecular flexibility index (Phi) is 6.22. The largest absolute Gasteiger partial charge is 0.458 e. The van der Waals surface area contributed by atoms with E-state index in [9.17, 15) is 14.4 Å². The number of Topliss-reactive ketones (excluding diaryl/α,β-unsaturated/α-hetero) is 1. The third kappa shape index (κ3) is 3.82. The second-order valence-corrected chi connectivity index (χ2v) is 11.4. The van der Waals surface area contributed by atoms with Gasteiger partial charge in [0, 0.05) is 18.3 Å². The van der Waals surface area contributed by atoms with E-state index in [2.05, 4.69) is 20.8 Å². The number of allylic oxidation sites excluding steroid dienone is 1. The maximum atomic E-state index is 13.1. The molecule has 0 aromatic rings. The fourth-order valence-corrected chi connectivity index (χ4v) is 8.07. The van der Waals surface area contributed by atoms with Crippen molar-refractivity contribution < 1.29 is 19.1 Å². The number of hydrogen-bond donors (Lipinski definition) is 0. The molecule has 0 aromatic carbocycles. The topological polar surface area (TPSA) is 60.4 Å². The summed E-state index contributed by atoms with van der Waals surface area (Å²) in [4.78, 5) is 37.3. The minimum absolute atomic E-state index is 0.0222. The van der Waals surface area contributed by atoms with Crippen molar-refractivity contribution in [3.05, 3.63) is 11.6 Å². The van der Waals surface area contributed by atoms with Gasteiger partial charge >= 0.3 is 5.97 Å². The zero-order valence-corrected chi connectivity index (χ0v) is 19.9. The van der Waals surface area contributed by atoms with Gasteiger partial charge in [0.05, 0.1) is 0 Å². The van der Waals surface area contributed by atoms with Crippen molar-refractivity contribution >= 4 is 17.5 Å². The summed E-state index contributed by atoms with van der Waals surface area (Å²) in [7, 11) is 0. The van der Waals surface area contributed by atoms with Crippen LogP contribution in [0.4, 0.5) is 0 Å². The Balaban J connectivity index is 1.47. The molecule has 0 radical (unpaired) electrons. The minimum Gasteiger partial charge on any atom is -0.458 e. The summed E-state index contributed by atoms with van der Waals surface area (Å²) in [6, 6.07) is 0. The monoisotopic (exact) mass is 428 g/mol. The SMILES string of the molecule is CCCCC(=O)OCC(=O)[C@H]1CC[C@H]2[C@@H]3CCC4=CC(=O)C(C)C[C@]4(C)[C@H]3CC[C@]12C. The molecule has 0 N–H and O–H groups in total. The first-order valence-corrected chi connectivity index (χ1v) is 12.6. The quantitative estimate of drug-likeness (QED) is 0.510. The molecule has 1 unspecified atom stereocenters. The first kappa shape index (κ1) is 22.7. The molecule has 172 valence electrons. The highest BCUT2D eigenvalue weighted by Gasteiger charge is 2.60. The van der Waals surface area contributed by atoms with Gasteiger partial charge in [-0.3, -0.25) is 14.4 Å². The van der Waals surface area contributed by atoms with Crippen molar-refractivity contribution in [3.8, 4) is 0 Å². The fraction of sp³-hybridized carbons (Fsp3) is 0.815. The van der Waals surface area contributed by atoms with Crippen LogP contribution in [0.1, 0.15) is 91.9 Å². The fourth-order valence-electron chi connectivity index (χ4n) is 8.07. The second kappa shape index (κ2) is 8.48.